The van der Waals surface area contributed by atoms with Crippen molar-refractivity contribution in [1.29, 1.82) is 0 Å². The Morgan fingerprint density at radius 1 is 1.16 bits per heavy atom. The highest BCUT2D eigenvalue weighted by molar-refractivity contribution is 8.00. The summed E-state index contributed by atoms with van der Waals surface area (Å²) in [7, 11) is -4.18. The second-order valence-corrected chi connectivity index (χ2v) is 12.3. The molecule has 1 saturated heterocycles. The average Bonchev–Trinajstić information content (AvgIpc) is 3.05. The fourth-order valence-corrected chi connectivity index (χ4v) is 6.60. The van der Waals surface area contributed by atoms with E-state index < -0.39 is 79.1 Å². The third-order valence-electron chi connectivity index (χ3n) is 4.98. The minimum absolute atomic E-state index is 0.0339. The summed E-state index contributed by atoms with van der Waals surface area (Å²) in [5.74, 6) is -1.46. The molecule has 1 aromatic heterocycles. The first-order chi connectivity index (χ1) is 17.1. The number of nitrogens with zero attached hydrogens (tertiary/aromatic N) is 2. The number of halogens is 1. The number of esters is 2. The number of rotatable bonds is 12. The summed E-state index contributed by atoms with van der Waals surface area (Å²) in [4.78, 5) is 40.3. The van der Waals surface area contributed by atoms with E-state index in [0.29, 0.717) is 0 Å². The zero-order valence-corrected chi connectivity index (χ0v) is 23.2. The molecule has 0 radical (unpaired) electrons. The van der Waals surface area contributed by atoms with E-state index in [9.17, 15) is 28.4 Å². The fraction of sp³-hybridized carbons (Fsp3) is 0.714. The molecule has 5 N–H and O–H groups in total. The zero-order valence-electron chi connectivity index (χ0n) is 21.5. The number of aliphatic hydroxyl groups excluding tert-OH is 1. The van der Waals surface area contributed by atoms with Gasteiger partial charge in [-0.05, 0) is 47.6 Å². The molecule has 37 heavy (non-hydrogen) atoms. The van der Waals surface area contributed by atoms with E-state index in [1.165, 1.54) is 26.1 Å². The summed E-state index contributed by atoms with van der Waals surface area (Å²) in [6.45, 7) is 8.91. The van der Waals surface area contributed by atoms with Crippen LogP contribution in [0.15, 0.2) is 17.1 Å². The van der Waals surface area contributed by atoms with Crippen LogP contribution in [-0.2, 0) is 28.2 Å². The van der Waals surface area contributed by atoms with Gasteiger partial charge in [-0.1, -0.05) is 0 Å². The number of thioether (sulfide) groups is 1. The Hall–Kier alpha value is -2.03. The minimum Gasteiger partial charge on any atom is -0.462 e. The molecule has 0 bridgehead atoms. The standard InChI is InChI=1S/C21H35FN5O8PS/c1-10(2)34-19(29)12(5)25-36(32,26-13(6)20(30)35-11(3)4)33-9-14-17(28)16(22)18(37-14)27-8-7-15(23)24-21(27)31/h7-8,10-14,16-18,28H,9H2,1-6H3,(H2,23,24,31)(H2,25,26,32)/t12?,13?,14-,16+,17-,18-,36?/m1/s1. The summed E-state index contributed by atoms with van der Waals surface area (Å²) in [6.07, 6.45) is -3.05. The molecule has 2 rings (SSSR count). The van der Waals surface area contributed by atoms with E-state index in [4.69, 9.17) is 19.7 Å². The molecule has 2 heterocycles. The van der Waals surface area contributed by atoms with Crippen LogP contribution in [0.1, 0.15) is 46.9 Å². The molecule has 0 aromatic carbocycles. The molecule has 1 aliphatic rings. The molecular formula is C21H35FN5O8PS. The number of ether oxygens (including phenoxy) is 2. The number of nitrogens with one attached hydrogen (secondary N) is 2. The molecule has 0 spiro atoms. The number of aliphatic hydroxyl groups is 1. The lowest BCUT2D eigenvalue weighted by molar-refractivity contribution is -0.149. The largest absolute Gasteiger partial charge is 0.462 e. The number of nitrogen functional groups attached to an aromatic ring is 1. The first kappa shape index (κ1) is 31.2. The van der Waals surface area contributed by atoms with E-state index in [-0.39, 0.29) is 5.82 Å². The summed E-state index contributed by atoms with van der Waals surface area (Å²) in [5, 5.41) is 13.4. The number of carbonyl (C=O) groups is 2. The Morgan fingerprint density at radius 3 is 2.14 bits per heavy atom. The van der Waals surface area contributed by atoms with Crippen LogP contribution in [0.25, 0.3) is 0 Å². The number of aromatic nitrogens is 2. The van der Waals surface area contributed by atoms with Crippen molar-refractivity contribution in [2.24, 2.45) is 0 Å². The van der Waals surface area contributed by atoms with Crippen LogP contribution in [0.5, 0.6) is 0 Å². The maximum absolute atomic E-state index is 14.9. The van der Waals surface area contributed by atoms with E-state index in [2.05, 4.69) is 15.2 Å². The van der Waals surface area contributed by atoms with Crippen LogP contribution in [0.3, 0.4) is 0 Å². The van der Waals surface area contributed by atoms with Crippen molar-refractivity contribution < 1.29 is 37.6 Å². The van der Waals surface area contributed by atoms with Gasteiger partial charge in [-0.25, -0.2) is 19.4 Å². The highest BCUT2D eigenvalue weighted by Crippen LogP contribution is 2.46. The maximum atomic E-state index is 14.9. The molecule has 2 unspecified atom stereocenters. The average molecular weight is 568 g/mol. The quantitative estimate of drug-likeness (QED) is 0.208. The molecule has 0 aliphatic carbocycles. The van der Waals surface area contributed by atoms with Gasteiger partial charge in [0, 0.05) is 6.20 Å². The molecular weight excluding hydrogens is 532 g/mol. The van der Waals surface area contributed by atoms with Gasteiger partial charge in [0.2, 0.25) is 0 Å². The molecule has 1 aliphatic heterocycles. The molecule has 13 nitrogen and oxygen atoms in total. The minimum atomic E-state index is -4.18. The van der Waals surface area contributed by atoms with E-state index >= 15 is 0 Å². The lowest BCUT2D eigenvalue weighted by Crippen LogP contribution is -2.43. The number of hydrogen-bond donors (Lipinski definition) is 4. The number of alkyl halides is 1. The number of carbonyl (C=O) groups excluding carboxylic acids is 2. The summed E-state index contributed by atoms with van der Waals surface area (Å²) < 4.78 is 45.4. The predicted molar refractivity (Wildman–Crippen MR) is 135 cm³/mol. The van der Waals surface area contributed by atoms with Gasteiger partial charge < -0.3 is 24.8 Å². The highest BCUT2D eigenvalue weighted by atomic mass is 32.2. The summed E-state index contributed by atoms with van der Waals surface area (Å²) >= 11 is 0.880. The lowest BCUT2D eigenvalue weighted by atomic mass is 10.1. The van der Waals surface area contributed by atoms with Crippen LogP contribution in [0.4, 0.5) is 10.2 Å². The molecule has 6 atom stereocenters. The second-order valence-electron chi connectivity index (χ2n) is 9.06. The van der Waals surface area contributed by atoms with Crippen molar-refractivity contribution in [3.8, 4) is 0 Å². The highest BCUT2D eigenvalue weighted by Gasteiger charge is 2.46. The van der Waals surface area contributed by atoms with Crippen LogP contribution in [-0.4, -0.2) is 75.0 Å². The Morgan fingerprint density at radius 2 is 1.68 bits per heavy atom. The maximum Gasteiger partial charge on any atom is 0.350 e. The monoisotopic (exact) mass is 567 g/mol. The Labute approximate surface area is 218 Å². The van der Waals surface area contributed by atoms with Crippen molar-refractivity contribution >= 4 is 37.2 Å². The van der Waals surface area contributed by atoms with Crippen molar-refractivity contribution in [3.05, 3.63) is 22.7 Å². The first-order valence-corrected chi connectivity index (χ1v) is 14.2. The predicted octanol–water partition coefficient (Wildman–Crippen LogP) is 1.12. The van der Waals surface area contributed by atoms with E-state index in [0.717, 1.165) is 16.3 Å². The molecule has 1 aromatic rings. The van der Waals surface area contributed by atoms with Crippen LogP contribution < -0.4 is 21.6 Å². The molecule has 210 valence electrons. The normalized spacial score (nSPS) is 25.0. The second kappa shape index (κ2) is 13.2. The van der Waals surface area contributed by atoms with Gasteiger partial charge in [0.15, 0.2) is 6.17 Å². The van der Waals surface area contributed by atoms with Gasteiger partial charge in [-0.15, -0.1) is 11.8 Å². The molecule has 1 fully saturated rings. The molecule has 0 amide bonds. The SMILES string of the molecule is CC(C)OC(=O)C(C)NP(=O)(NC(C)C(=O)OC(C)C)OC[C@H]1S[C@@H](n2ccc(N)nc2=O)[C@@H](F)[C@@H]1O. The van der Waals surface area contributed by atoms with E-state index in [1.807, 2.05) is 0 Å². The Kier molecular flexibility index (Phi) is 11.1. The smallest absolute Gasteiger partial charge is 0.350 e. The first-order valence-electron chi connectivity index (χ1n) is 11.7. The van der Waals surface area contributed by atoms with Crippen LogP contribution >= 0.6 is 19.4 Å². The Balaban J connectivity index is 2.19. The van der Waals surface area contributed by atoms with Gasteiger partial charge in [-0.3, -0.25) is 18.7 Å². The van der Waals surface area contributed by atoms with Gasteiger partial charge >= 0.3 is 25.3 Å². The lowest BCUT2D eigenvalue weighted by Gasteiger charge is -2.27. The number of hydrogen-bond acceptors (Lipinski definition) is 11. The van der Waals surface area contributed by atoms with Gasteiger partial charge in [0.05, 0.1) is 24.1 Å². The third-order valence-corrected chi connectivity index (χ3v) is 8.48. The van der Waals surface area contributed by atoms with E-state index in [1.54, 1.807) is 27.7 Å². The van der Waals surface area contributed by atoms with Gasteiger partial charge in [0.1, 0.15) is 29.4 Å². The van der Waals surface area contributed by atoms with Crippen LogP contribution in [0, 0.1) is 0 Å². The fourth-order valence-electron chi connectivity index (χ4n) is 3.26. The van der Waals surface area contributed by atoms with Crippen molar-refractivity contribution in [3.63, 3.8) is 0 Å². The third kappa shape index (κ3) is 8.76. The van der Waals surface area contributed by atoms with Crippen molar-refractivity contribution in [2.75, 3.05) is 12.3 Å². The zero-order chi connectivity index (χ0) is 28.1. The molecule has 16 heteroatoms. The van der Waals surface area contributed by atoms with Crippen molar-refractivity contribution in [2.45, 2.75) is 88.7 Å². The number of nitrogens with two attached hydrogens (primary N) is 1. The summed E-state index contributed by atoms with van der Waals surface area (Å²) in [5.41, 5.74) is 4.69. The Bertz CT molecular complexity index is 1030. The van der Waals surface area contributed by atoms with Gasteiger partial charge in [0.25, 0.3) is 0 Å². The summed E-state index contributed by atoms with van der Waals surface area (Å²) in [6, 6.07) is -0.907. The van der Waals surface area contributed by atoms with Crippen LogP contribution in [0.2, 0.25) is 0 Å². The van der Waals surface area contributed by atoms with Crippen molar-refractivity contribution in [1.82, 2.24) is 19.7 Å². The topological polar surface area (TPSA) is 184 Å². The van der Waals surface area contributed by atoms with Gasteiger partial charge in [-0.2, -0.15) is 4.98 Å². The number of anilines is 1. The molecule has 0 saturated carbocycles.